The summed E-state index contributed by atoms with van der Waals surface area (Å²) >= 11 is 0. The largest absolute Gasteiger partial charge is 0.319 e. The first-order valence-corrected chi connectivity index (χ1v) is 3.70. The van der Waals surface area contributed by atoms with Crippen molar-refractivity contribution in [2.24, 2.45) is 0 Å². The molecule has 7 heteroatoms. The van der Waals surface area contributed by atoms with Gasteiger partial charge < -0.3 is 0 Å². The smallest absolute Gasteiger partial charge is 0.291 e. The van der Waals surface area contributed by atoms with E-state index in [-0.39, 0.29) is 11.4 Å². The Hall–Kier alpha value is -1.86. The van der Waals surface area contributed by atoms with Crippen molar-refractivity contribution in [1.82, 2.24) is 0 Å². The van der Waals surface area contributed by atoms with Crippen LogP contribution in [0.2, 0.25) is 0 Å². The summed E-state index contributed by atoms with van der Waals surface area (Å²) in [5.41, 5.74) is 3.37. The van der Waals surface area contributed by atoms with Gasteiger partial charge in [-0.3, -0.25) is 31.5 Å². The van der Waals surface area contributed by atoms with Gasteiger partial charge in [0.2, 0.25) is 0 Å². The third-order valence-electron chi connectivity index (χ3n) is 1.80. The Kier molecular flexibility index (Phi) is 2.85. The van der Waals surface area contributed by atoms with Gasteiger partial charge >= 0.3 is 5.69 Å². The molecule has 14 heavy (non-hydrogen) atoms. The lowest BCUT2D eigenvalue weighted by Gasteiger charge is -2.07. The van der Waals surface area contributed by atoms with E-state index in [1.54, 1.807) is 17.9 Å². The maximum absolute atomic E-state index is 10.6. The van der Waals surface area contributed by atoms with E-state index >= 15 is 0 Å². The fourth-order valence-electron chi connectivity index (χ4n) is 1.11. The summed E-state index contributed by atoms with van der Waals surface area (Å²) in [5, 5.41) is 27.9. The normalized spacial score (nSPS) is 9.64. The van der Waals surface area contributed by atoms with E-state index in [2.05, 4.69) is 0 Å². The highest BCUT2D eigenvalue weighted by Crippen LogP contribution is 2.34. The number of rotatable bonds is 3. The zero-order valence-corrected chi connectivity index (χ0v) is 7.31. The van der Waals surface area contributed by atoms with Gasteiger partial charge in [0.25, 0.3) is 0 Å². The SMILES string of the molecule is Cc1ccc(NO)c([N+](=O)[O-])c1NO. The molecule has 0 aliphatic rings. The van der Waals surface area contributed by atoms with Crippen molar-refractivity contribution >= 4 is 17.1 Å². The summed E-state index contributed by atoms with van der Waals surface area (Å²) < 4.78 is 0. The summed E-state index contributed by atoms with van der Waals surface area (Å²) in [6, 6.07) is 2.86. The molecule has 1 aromatic rings. The Labute approximate surface area is 79.0 Å². The zero-order chi connectivity index (χ0) is 10.7. The van der Waals surface area contributed by atoms with E-state index in [1.807, 2.05) is 0 Å². The highest BCUT2D eigenvalue weighted by atomic mass is 16.6. The van der Waals surface area contributed by atoms with E-state index in [0.717, 1.165) is 0 Å². The summed E-state index contributed by atoms with van der Waals surface area (Å²) in [4.78, 5) is 9.91. The Morgan fingerprint density at radius 3 is 2.43 bits per heavy atom. The second-order valence-electron chi connectivity index (χ2n) is 2.63. The van der Waals surface area contributed by atoms with Gasteiger partial charge in [-0.05, 0) is 18.6 Å². The van der Waals surface area contributed by atoms with E-state index in [0.29, 0.717) is 5.56 Å². The molecule has 7 nitrogen and oxygen atoms in total. The minimum absolute atomic E-state index is 0.0472. The van der Waals surface area contributed by atoms with Gasteiger partial charge in [0.15, 0.2) is 0 Å². The molecule has 0 unspecified atom stereocenters. The highest BCUT2D eigenvalue weighted by Gasteiger charge is 2.21. The van der Waals surface area contributed by atoms with Crippen LogP contribution in [0.5, 0.6) is 0 Å². The van der Waals surface area contributed by atoms with Crippen LogP contribution in [-0.2, 0) is 0 Å². The van der Waals surface area contributed by atoms with Crippen LogP contribution >= 0.6 is 0 Å². The van der Waals surface area contributed by atoms with Crippen LogP contribution in [-0.4, -0.2) is 15.3 Å². The molecular weight excluding hydrogens is 190 g/mol. The first kappa shape index (κ1) is 10.2. The monoisotopic (exact) mass is 199 g/mol. The van der Waals surface area contributed by atoms with Crippen LogP contribution in [0.3, 0.4) is 0 Å². The van der Waals surface area contributed by atoms with Crippen molar-refractivity contribution in [3.8, 4) is 0 Å². The number of benzene rings is 1. The summed E-state index contributed by atoms with van der Waals surface area (Å²) in [5.74, 6) is 0. The number of nitro benzene ring substituents is 1. The second-order valence-corrected chi connectivity index (χ2v) is 2.63. The number of hydrogen-bond donors (Lipinski definition) is 4. The van der Waals surface area contributed by atoms with E-state index in [4.69, 9.17) is 10.4 Å². The van der Waals surface area contributed by atoms with E-state index in [1.165, 1.54) is 12.1 Å². The summed E-state index contributed by atoms with van der Waals surface area (Å²) in [6.07, 6.45) is 0. The molecule has 0 amide bonds. The molecule has 0 aromatic heterocycles. The molecule has 0 saturated carbocycles. The van der Waals surface area contributed by atoms with Gasteiger partial charge in [-0.1, -0.05) is 6.07 Å². The number of hydrogen-bond acceptors (Lipinski definition) is 6. The van der Waals surface area contributed by atoms with Gasteiger partial charge in [-0.15, -0.1) is 0 Å². The molecule has 1 rings (SSSR count). The van der Waals surface area contributed by atoms with Gasteiger partial charge in [0, 0.05) is 0 Å². The van der Waals surface area contributed by atoms with Crippen molar-refractivity contribution in [3.63, 3.8) is 0 Å². The van der Waals surface area contributed by atoms with Crippen molar-refractivity contribution in [3.05, 3.63) is 27.8 Å². The number of nitro groups is 1. The Bertz CT molecular complexity index is 366. The maximum atomic E-state index is 10.6. The molecule has 4 N–H and O–H groups in total. The fraction of sp³-hybridized carbons (Fsp3) is 0.143. The van der Waals surface area contributed by atoms with Crippen LogP contribution < -0.4 is 11.0 Å². The van der Waals surface area contributed by atoms with Crippen molar-refractivity contribution in [2.75, 3.05) is 11.0 Å². The standard InChI is InChI=1S/C7H9N3O4/c1-4-2-3-5(8-11)7(10(13)14)6(4)9-12/h2-3,8-9,11-12H,1H3. The van der Waals surface area contributed by atoms with Crippen LogP contribution in [0, 0.1) is 17.0 Å². The zero-order valence-electron chi connectivity index (χ0n) is 7.31. The average molecular weight is 199 g/mol. The lowest BCUT2D eigenvalue weighted by Crippen LogP contribution is -2.03. The number of nitrogens with zero attached hydrogens (tertiary/aromatic N) is 1. The Morgan fingerprint density at radius 2 is 2.00 bits per heavy atom. The molecule has 0 radical (unpaired) electrons. The van der Waals surface area contributed by atoms with Gasteiger partial charge in [0.1, 0.15) is 11.4 Å². The number of aryl methyl sites for hydroxylation is 1. The van der Waals surface area contributed by atoms with Crippen LogP contribution in [0.15, 0.2) is 12.1 Å². The minimum atomic E-state index is -0.704. The minimum Gasteiger partial charge on any atom is -0.291 e. The van der Waals surface area contributed by atoms with Gasteiger partial charge in [-0.25, -0.2) is 0 Å². The van der Waals surface area contributed by atoms with Crippen LogP contribution in [0.4, 0.5) is 17.1 Å². The molecule has 0 heterocycles. The highest BCUT2D eigenvalue weighted by molar-refractivity contribution is 5.77. The Morgan fingerprint density at radius 1 is 1.36 bits per heavy atom. The molecule has 0 saturated heterocycles. The number of anilines is 2. The Balaban J connectivity index is 3.43. The first-order valence-electron chi connectivity index (χ1n) is 3.70. The third-order valence-corrected chi connectivity index (χ3v) is 1.80. The van der Waals surface area contributed by atoms with Crippen molar-refractivity contribution in [2.45, 2.75) is 6.92 Å². The predicted octanol–water partition coefficient (Wildman–Crippen LogP) is 1.51. The fourth-order valence-corrected chi connectivity index (χ4v) is 1.11. The average Bonchev–Trinajstić information content (AvgIpc) is 2.17. The first-order chi connectivity index (χ1) is 6.61. The third kappa shape index (κ3) is 1.58. The lowest BCUT2D eigenvalue weighted by atomic mass is 10.1. The topological polar surface area (TPSA) is 108 Å². The van der Waals surface area contributed by atoms with Crippen molar-refractivity contribution in [1.29, 1.82) is 0 Å². The van der Waals surface area contributed by atoms with Crippen molar-refractivity contribution < 1.29 is 15.3 Å². The molecule has 1 aromatic carbocycles. The van der Waals surface area contributed by atoms with Crippen LogP contribution in [0.25, 0.3) is 0 Å². The van der Waals surface area contributed by atoms with E-state index < -0.39 is 10.6 Å². The van der Waals surface area contributed by atoms with Gasteiger partial charge in [-0.2, -0.15) is 0 Å². The molecule has 0 aliphatic heterocycles. The maximum Gasteiger partial charge on any atom is 0.319 e. The molecular formula is C7H9N3O4. The molecule has 0 atom stereocenters. The summed E-state index contributed by atoms with van der Waals surface area (Å²) in [7, 11) is 0. The number of nitrogens with one attached hydrogen (secondary N) is 2. The lowest BCUT2D eigenvalue weighted by molar-refractivity contribution is -0.383. The summed E-state index contributed by atoms with van der Waals surface area (Å²) in [6.45, 7) is 1.59. The van der Waals surface area contributed by atoms with Crippen LogP contribution in [0.1, 0.15) is 5.56 Å². The second kappa shape index (κ2) is 3.90. The predicted molar refractivity (Wildman–Crippen MR) is 48.7 cm³/mol. The quantitative estimate of drug-likeness (QED) is 0.434. The molecule has 0 fully saturated rings. The molecule has 76 valence electrons. The molecule has 0 aliphatic carbocycles. The van der Waals surface area contributed by atoms with Gasteiger partial charge in [0.05, 0.1) is 4.92 Å². The van der Waals surface area contributed by atoms with E-state index in [9.17, 15) is 10.1 Å². The molecule has 0 spiro atoms. The molecule has 0 bridgehead atoms.